The monoisotopic (exact) mass is 162 g/mol. The summed E-state index contributed by atoms with van der Waals surface area (Å²) >= 11 is 0. The van der Waals surface area contributed by atoms with Crippen LogP contribution in [0.1, 0.15) is 11.5 Å². The fourth-order valence-electron chi connectivity index (χ4n) is 0.696. The van der Waals surface area contributed by atoms with E-state index >= 15 is 0 Å². The minimum Gasteiger partial charge on any atom is -0.372 e. The Morgan fingerprint density at radius 3 is 3.08 bits per heavy atom. The van der Waals surface area contributed by atoms with Gasteiger partial charge in [0.15, 0.2) is 0 Å². The normalized spacial score (nSPS) is 8.83. The summed E-state index contributed by atoms with van der Waals surface area (Å²) in [6.07, 6.45) is 1.69. The Morgan fingerprint density at radius 1 is 1.58 bits per heavy atom. The zero-order valence-corrected chi connectivity index (χ0v) is 7.16. The number of hydrogen-bond acceptors (Lipinski definition) is 3. The van der Waals surface area contributed by atoms with Gasteiger partial charge in [-0.25, -0.2) is 9.97 Å². The van der Waals surface area contributed by atoms with E-state index in [9.17, 15) is 0 Å². The van der Waals surface area contributed by atoms with Gasteiger partial charge in [-0.3, -0.25) is 0 Å². The van der Waals surface area contributed by atoms with Gasteiger partial charge >= 0.3 is 0 Å². The van der Waals surface area contributed by atoms with Crippen molar-refractivity contribution in [3.8, 4) is 11.8 Å². The maximum absolute atomic E-state index is 4.76. The molecule has 0 aliphatic heterocycles. The van der Waals surface area contributed by atoms with Crippen molar-refractivity contribution in [2.75, 3.05) is 13.7 Å². The van der Waals surface area contributed by atoms with Crippen LogP contribution in [0.15, 0.2) is 12.3 Å². The highest BCUT2D eigenvalue weighted by Crippen LogP contribution is 1.90. The maximum atomic E-state index is 4.76. The third-order valence-corrected chi connectivity index (χ3v) is 1.21. The van der Waals surface area contributed by atoms with E-state index in [1.54, 1.807) is 13.3 Å². The highest BCUT2D eigenvalue weighted by atomic mass is 16.5. The van der Waals surface area contributed by atoms with Gasteiger partial charge in [0.05, 0.1) is 0 Å². The van der Waals surface area contributed by atoms with Crippen LogP contribution in [0.4, 0.5) is 0 Å². The molecule has 0 atom stereocenters. The predicted molar refractivity (Wildman–Crippen MR) is 45.5 cm³/mol. The van der Waals surface area contributed by atoms with E-state index in [0.29, 0.717) is 12.4 Å². The second kappa shape index (κ2) is 4.47. The Labute approximate surface area is 71.8 Å². The van der Waals surface area contributed by atoms with Crippen LogP contribution in [0, 0.1) is 18.8 Å². The first-order valence-corrected chi connectivity index (χ1v) is 3.60. The summed E-state index contributed by atoms with van der Waals surface area (Å²) in [6.45, 7) is 2.32. The van der Waals surface area contributed by atoms with E-state index in [1.165, 1.54) is 0 Å². The van der Waals surface area contributed by atoms with E-state index in [-0.39, 0.29) is 0 Å². The first-order chi connectivity index (χ1) is 5.83. The molecule has 0 aliphatic rings. The van der Waals surface area contributed by atoms with Crippen molar-refractivity contribution in [1.29, 1.82) is 0 Å². The van der Waals surface area contributed by atoms with Gasteiger partial charge in [-0.1, -0.05) is 5.92 Å². The molecule has 0 spiro atoms. The Bertz CT molecular complexity index is 312. The molecule has 1 aromatic rings. The van der Waals surface area contributed by atoms with E-state index in [4.69, 9.17) is 4.74 Å². The molecule has 0 unspecified atom stereocenters. The highest BCUT2D eigenvalue weighted by Gasteiger charge is 1.88. The van der Waals surface area contributed by atoms with E-state index in [0.717, 1.165) is 5.69 Å². The lowest BCUT2D eigenvalue weighted by Gasteiger charge is -1.90. The Balaban J connectivity index is 2.71. The Kier molecular flexibility index (Phi) is 3.24. The van der Waals surface area contributed by atoms with Crippen molar-refractivity contribution in [2.45, 2.75) is 6.92 Å². The first kappa shape index (κ1) is 8.69. The summed E-state index contributed by atoms with van der Waals surface area (Å²) in [5.74, 6) is 6.12. The molecule has 0 saturated carbocycles. The van der Waals surface area contributed by atoms with Crippen molar-refractivity contribution in [2.24, 2.45) is 0 Å². The van der Waals surface area contributed by atoms with Gasteiger partial charge in [-0.15, -0.1) is 0 Å². The van der Waals surface area contributed by atoms with Crippen molar-refractivity contribution < 1.29 is 4.74 Å². The minimum atomic E-state index is 0.414. The minimum absolute atomic E-state index is 0.414. The maximum Gasteiger partial charge on any atom is 0.205 e. The Morgan fingerprint density at radius 2 is 2.42 bits per heavy atom. The molecule has 3 heteroatoms. The molecule has 0 bridgehead atoms. The second-order valence-corrected chi connectivity index (χ2v) is 2.26. The van der Waals surface area contributed by atoms with Crippen LogP contribution in [0.2, 0.25) is 0 Å². The summed E-state index contributed by atoms with van der Waals surface area (Å²) in [5.41, 5.74) is 0.923. The Hall–Kier alpha value is -1.40. The standard InChI is InChI=1S/C9H10N2O/c1-8-5-6-10-9(11-8)4-3-7-12-2/h5-6H,7H2,1-2H3. The molecule has 0 amide bonds. The number of aryl methyl sites for hydroxylation is 1. The van der Waals surface area contributed by atoms with Crippen LogP contribution in [-0.4, -0.2) is 23.7 Å². The molecule has 0 aromatic carbocycles. The summed E-state index contributed by atoms with van der Waals surface area (Å²) in [7, 11) is 1.60. The summed E-state index contributed by atoms with van der Waals surface area (Å²) < 4.78 is 4.76. The zero-order chi connectivity index (χ0) is 8.81. The second-order valence-electron chi connectivity index (χ2n) is 2.26. The van der Waals surface area contributed by atoms with Gasteiger partial charge in [0.1, 0.15) is 6.61 Å². The molecular formula is C9H10N2O. The van der Waals surface area contributed by atoms with Crippen LogP contribution in [0.5, 0.6) is 0 Å². The fraction of sp³-hybridized carbons (Fsp3) is 0.333. The first-order valence-electron chi connectivity index (χ1n) is 3.60. The summed E-state index contributed by atoms with van der Waals surface area (Å²) in [5, 5.41) is 0. The SMILES string of the molecule is COCC#Cc1nccc(C)n1. The lowest BCUT2D eigenvalue weighted by atomic mass is 10.4. The van der Waals surface area contributed by atoms with E-state index in [1.807, 2.05) is 13.0 Å². The van der Waals surface area contributed by atoms with Gasteiger partial charge in [-0.05, 0) is 18.9 Å². The zero-order valence-electron chi connectivity index (χ0n) is 7.16. The largest absolute Gasteiger partial charge is 0.372 e. The molecule has 1 aromatic heterocycles. The van der Waals surface area contributed by atoms with E-state index < -0.39 is 0 Å². The molecule has 0 saturated heterocycles. The molecule has 0 N–H and O–H groups in total. The molecular weight excluding hydrogens is 152 g/mol. The summed E-state index contributed by atoms with van der Waals surface area (Å²) in [4.78, 5) is 8.08. The number of ether oxygens (including phenoxy) is 1. The fourth-order valence-corrected chi connectivity index (χ4v) is 0.696. The topological polar surface area (TPSA) is 35.0 Å². The number of methoxy groups -OCH3 is 1. The van der Waals surface area contributed by atoms with Gasteiger partial charge in [0.2, 0.25) is 5.82 Å². The number of nitrogens with zero attached hydrogens (tertiary/aromatic N) is 2. The van der Waals surface area contributed by atoms with Crippen molar-refractivity contribution in [1.82, 2.24) is 9.97 Å². The smallest absolute Gasteiger partial charge is 0.205 e. The molecule has 12 heavy (non-hydrogen) atoms. The number of hydrogen-bond donors (Lipinski definition) is 0. The van der Waals surface area contributed by atoms with Crippen molar-refractivity contribution in [3.05, 3.63) is 23.8 Å². The molecule has 0 radical (unpaired) electrons. The third kappa shape index (κ3) is 2.69. The third-order valence-electron chi connectivity index (χ3n) is 1.21. The average molecular weight is 162 g/mol. The quantitative estimate of drug-likeness (QED) is 0.572. The molecule has 0 aliphatic carbocycles. The van der Waals surface area contributed by atoms with E-state index in [2.05, 4.69) is 21.8 Å². The molecule has 1 rings (SSSR count). The van der Waals surface area contributed by atoms with Crippen LogP contribution in [-0.2, 0) is 4.74 Å². The van der Waals surface area contributed by atoms with Crippen molar-refractivity contribution >= 4 is 0 Å². The van der Waals surface area contributed by atoms with Crippen molar-refractivity contribution in [3.63, 3.8) is 0 Å². The molecule has 62 valence electrons. The number of aromatic nitrogens is 2. The van der Waals surface area contributed by atoms with Gasteiger partial charge < -0.3 is 4.74 Å². The summed E-state index contributed by atoms with van der Waals surface area (Å²) in [6, 6.07) is 1.83. The van der Waals surface area contributed by atoms with Crippen LogP contribution >= 0.6 is 0 Å². The van der Waals surface area contributed by atoms with Gasteiger partial charge in [0.25, 0.3) is 0 Å². The molecule has 0 fully saturated rings. The lowest BCUT2D eigenvalue weighted by molar-refractivity contribution is 0.240. The molecule has 3 nitrogen and oxygen atoms in total. The average Bonchev–Trinajstić information content (AvgIpc) is 2.05. The van der Waals surface area contributed by atoms with Crippen LogP contribution in [0.25, 0.3) is 0 Å². The highest BCUT2D eigenvalue weighted by molar-refractivity contribution is 5.21. The lowest BCUT2D eigenvalue weighted by Crippen LogP contribution is -1.90. The van der Waals surface area contributed by atoms with Gasteiger partial charge in [-0.2, -0.15) is 0 Å². The molecule has 1 heterocycles. The number of rotatable bonds is 1. The van der Waals surface area contributed by atoms with Gasteiger partial charge in [0, 0.05) is 19.0 Å². The van der Waals surface area contributed by atoms with Crippen LogP contribution < -0.4 is 0 Å². The van der Waals surface area contributed by atoms with Crippen LogP contribution in [0.3, 0.4) is 0 Å². The predicted octanol–water partition coefficient (Wildman–Crippen LogP) is 0.783.